The SMILES string of the molecule is COc1cc2c(cc1OC)CC(NCC(O)c1ccc(F)cc1)CC2.Cl. The molecule has 2 aromatic rings. The molecule has 1 aliphatic carbocycles. The molecule has 0 saturated heterocycles. The molecule has 4 nitrogen and oxygen atoms in total. The Bertz CT molecular complexity index is 724. The lowest BCUT2D eigenvalue weighted by Gasteiger charge is -2.27. The van der Waals surface area contributed by atoms with E-state index in [4.69, 9.17) is 9.47 Å². The fourth-order valence-corrected chi connectivity index (χ4v) is 3.34. The van der Waals surface area contributed by atoms with Gasteiger partial charge < -0.3 is 19.9 Å². The zero-order chi connectivity index (χ0) is 17.8. The fraction of sp³-hybridized carbons (Fsp3) is 0.400. The van der Waals surface area contributed by atoms with E-state index in [-0.39, 0.29) is 18.2 Å². The molecule has 0 saturated carbocycles. The molecule has 0 heterocycles. The predicted molar refractivity (Wildman–Crippen MR) is 102 cm³/mol. The summed E-state index contributed by atoms with van der Waals surface area (Å²) >= 11 is 0. The van der Waals surface area contributed by atoms with Crippen LogP contribution in [0.5, 0.6) is 11.5 Å². The van der Waals surface area contributed by atoms with E-state index in [1.807, 2.05) is 6.07 Å². The van der Waals surface area contributed by atoms with E-state index in [9.17, 15) is 9.50 Å². The number of ether oxygens (including phenoxy) is 2. The maximum absolute atomic E-state index is 13.0. The molecule has 0 aliphatic heterocycles. The number of benzene rings is 2. The first-order valence-electron chi connectivity index (χ1n) is 8.51. The van der Waals surface area contributed by atoms with Crippen molar-refractivity contribution in [2.24, 2.45) is 0 Å². The molecular formula is C20H25ClFNO3. The highest BCUT2D eigenvalue weighted by molar-refractivity contribution is 5.85. The Morgan fingerprint density at radius 3 is 2.35 bits per heavy atom. The first kappa shape index (κ1) is 20.5. The number of rotatable bonds is 6. The van der Waals surface area contributed by atoms with Crippen LogP contribution < -0.4 is 14.8 Å². The van der Waals surface area contributed by atoms with E-state index in [0.717, 1.165) is 36.3 Å². The van der Waals surface area contributed by atoms with Gasteiger partial charge in [-0.3, -0.25) is 0 Å². The Morgan fingerprint density at radius 1 is 1.12 bits per heavy atom. The van der Waals surface area contributed by atoms with Crippen molar-refractivity contribution < 1.29 is 19.0 Å². The van der Waals surface area contributed by atoms with Crippen molar-refractivity contribution in [1.82, 2.24) is 5.32 Å². The molecule has 1 aliphatic rings. The monoisotopic (exact) mass is 381 g/mol. The van der Waals surface area contributed by atoms with Crippen molar-refractivity contribution >= 4 is 12.4 Å². The van der Waals surface area contributed by atoms with Gasteiger partial charge in [-0.2, -0.15) is 0 Å². The largest absolute Gasteiger partial charge is 0.493 e. The van der Waals surface area contributed by atoms with Gasteiger partial charge in [0.25, 0.3) is 0 Å². The molecule has 0 amide bonds. The average molecular weight is 382 g/mol. The lowest BCUT2D eigenvalue weighted by Crippen LogP contribution is -2.37. The normalized spacial score (nSPS) is 17.0. The van der Waals surface area contributed by atoms with E-state index in [1.54, 1.807) is 26.4 Å². The van der Waals surface area contributed by atoms with Gasteiger partial charge >= 0.3 is 0 Å². The number of aliphatic hydroxyl groups excluding tert-OH is 1. The smallest absolute Gasteiger partial charge is 0.161 e. The van der Waals surface area contributed by atoms with Crippen molar-refractivity contribution in [3.8, 4) is 11.5 Å². The van der Waals surface area contributed by atoms with E-state index < -0.39 is 6.10 Å². The van der Waals surface area contributed by atoms with Crippen LogP contribution in [0.3, 0.4) is 0 Å². The van der Waals surface area contributed by atoms with Gasteiger partial charge in [-0.1, -0.05) is 12.1 Å². The third kappa shape index (κ3) is 4.67. The van der Waals surface area contributed by atoms with Crippen molar-refractivity contribution in [3.05, 3.63) is 58.9 Å². The van der Waals surface area contributed by atoms with Gasteiger partial charge in [0.2, 0.25) is 0 Å². The number of aryl methyl sites for hydroxylation is 1. The van der Waals surface area contributed by atoms with Crippen LogP contribution in [0.2, 0.25) is 0 Å². The highest BCUT2D eigenvalue weighted by atomic mass is 35.5. The standard InChI is InChI=1S/C20H24FNO3.ClH/c1-24-19-10-14-5-8-17(9-15(14)11-20(19)25-2)22-12-18(23)13-3-6-16(21)7-4-13;/h3-4,6-7,10-11,17-18,22-23H,5,8-9,12H2,1-2H3;1H. The van der Waals surface area contributed by atoms with Gasteiger partial charge in [-0.15, -0.1) is 12.4 Å². The van der Waals surface area contributed by atoms with Gasteiger partial charge in [-0.05, 0) is 60.2 Å². The minimum absolute atomic E-state index is 0. The van der Waals surface area contributed by atoms with Crippen LogP contribution >= 0.6 is 12.4 Å². The molecule has 2 N–H and O–H groups in total. The second-order valence-corrected chi connectivity index (χ2v) is 6.39. The molecule has 0 spiro atoms. The molecule has 0 fully saturated rings. The summed E-state index contributed by atoms with van der Waals surface area (Å²) in [4.78, 5) is 0. The Hall–Kier alpha value is -1.82. The molecule has 142 valence electrons. The summed E-state index contributed by atoms with van der Waals surface area (Å²) in [6.45, 7) is 0.443. The maximum Gasteiger partial charge on any atom is 0.161 e. The number of methoxy groups -OCH3 is 2. The number of hydrogen-bond acceptors (Lipinski definition) is 4. The average Bonchev–Trinajstić information content (AvgIpc) is 2.65. The molecule has 26 heavy (non-hydrogen) atoms. The lowest BCUT2D eigenvalue weighted by atomic mass is 9.87. The maximum atomic E-state index is 13.0. The van der Waals surface area contributed by atoms with Crippen LogP contribution in [0.15, 0.2) is 36.4 Å². The van der Waals surface area contributed by atoms with E-state index in [0.29, 0.717) is 12.6 Å². The number of fused-ring (bicyclic) bond motifs is 1. The van der Waals surface area contributed by atoms with Crippen LogP contribution in [0.1, 0.15) is 29.2 Å². The summed E-state index contributed by atoms with van der Waals surface area (Å²) < 4.78 is 23.7. The third-order valence-corrected chi connectivity index (χ3v) is 4.79. The van der Waals surface area contributed by atoms with Crippen molar-refractivity contribution in [2.45, 2.75) is 31.4 Å². The Kier molecular flexibility index (Phi) is 7.26. The van der Waals surface area contributed by atoms with E-state index >= 15 is 0 Å². The highest BCUT2D eigenvalue weighted by Gasteiger charge is 2.21. The van der Waals surface area contributed by atoms with Gasteiger partial charge in [-0.25, -0.2) is 4.39 Å². The predicted octanol–water partition coefficient (Wildman–Crippen LogP) is 3.45. The van der Waals surface area contributed by atoms with Crippen molar-refractivity contribution in [1.29, 1.82) is 0 Å². The Morgan fingerprint density at radius 2 is 1.73 bits per heavy atom. The van der Waals surface area contributed by atoms with Crippen molar-refractivity contribution in [2.75, 3.05) is 20.8 Å². The summed E-state index contributed by atoms with van der Waals surface area (Å²) in [5.74, 6) is 1.21. The molecule has 0 radical (unpaired) electrons. The van der Waals surface area contributed by atoms with Crippen molar-refractivity contribution in [3.63, 3.8) is 0 Å². The van der Waals surface area contributed by atoms with Gasteiger partial charge in [0, 0.05) is 12.6 Å². The summed E-state index contributed by atoms with van der Waals surface area (Å²) in [5, 5.41) is 13.7. The fourth-order valence-electron chi connectivity index (χ4n) is 3.34. The molecule has 2 aromatic carbocycles. The Labute approximate surface area is 159 Å². The second-order valence-electron chi connectivity index (χ2n) is 6.39. The number of aliphatic hydroxyl groups is 1. The number of halogens is 2. The minimum atomic E-state index is -0.646. The molecule has 6 heteroatoms. The zero-order valence-corrected chi connectivity index (χ0v) is 15.8. The summed E-state index contributed by atoms with van der Waals surface area (Å²) in [6, 6.07) is 10.4. The van der Waals surface area contributed by atoms with Crippen LogP contribution in [0, 0.1) is 5.82 Å². The third-order valence-electron chi connectivity index (χ3n) is 4.79. The van der Waals surface area contributed by atoms with Crippen LogP contribution in [0.4, 0.5) is 4.39 Å². The zero-order valence-electron chi connectivity index (χ0n) is 15.0. The van der Waals surface area contributed by atoms with Crippen LogP contribution in [0.25, 0.3) is 0 Å². The van der Waals surface area contributed by atoms with Crippen LogP contribution in [-0.2, 0) is 12.8 Å². The first-order chi connectivity index (χ1) is 12.1. The molecule has 0 bridgehead atoms. The van der Waals surface area contributed by atoms with Gasteiger partial charge in [0.05, 0.1) is 20.3 Å². The summed E-state index contributed by atoms with van der Waals surface area (Å²) in [6.07, 6.45) is 2.19. The van der Waals surface area contributed by atoms with Gasteiger partial charge in [0.1, 0.15) is 5.82 Å². The number of nitrogens with one attached hydrogen (secondary N) is 1. The minimum Gasteiger partial charge on any atom is -0.493 e. The molecule has 2 unspecified atom stereocenters. The molecule has 3 rings (SSSR count). The molecule has 2 atom stereocenters. The summed E-state index contributed by atoms with van der Waals surface area (Å²) in [5.41, 5.74) is 3.25. The second kappa shape index (κ2) is 9.21. The van der Waals surface area contributed by atoms with Gasteiger partial charge in [0.15, 0.2) is 11.5 Å². The number of hydrogen-bond donors (Lipinski definition) is 2. The topological polar surface area (TPSA) is 50.7 Å². The first-order valence-corrected chi connectivity index (χ1v) is 8.51. The van der Waals surface area contributed by atoms with Crippen LogP contribution in [-0.4, -0.2) is 31.9 Å². The quantitative estimate of drug-likeness (QED) is 0.804. The Balaban J connectivity index is 0.00000243. The molecule has 0 aromatic heterocycles. The van der Waals surface area contributed by atoms with E-state index in [1.165, 1.54) is 23.3 Å². The molecular weight excluding hydrogens is 357 g/mol. The van der Waals surface area contributed by atoms with E-state index in [2.05, 4.69) is 11.4 Å². The highest BCUT2D eigenvalue weighted by Crippen LogP contribution is 2.34. The lowest BCUT2D eigenvalue weighted by molar-refractivity contribution is 0.168. The summed E-state index contributed by atoms with van der Waals surface area (Å²) in [7, 11) is 3.29.